The van der Waals surface area contributed by atoms with Gasteiger partial charge in [0.15, 0.2) is 0 Å². The predicted octanol–water partition coefficient (Wildman–Crippen LogP) is 6.22. The Bertz CT molecular complexity index is 1250. The number of rotatable bonds is 3. The Morgan fingerprint density at radius 2 is 1.61 bits per heavy atom. The number of likely N-dealkylation sites (tertiary alicyclic amines) is 1. The normalized spacial score (nSPS) is 18.1. The van der Waals surface area contributed by atoms with Crippen LogP contribution in [-0.2, 0) is 4.79 Å². The van der Waals surface area contributed by atoms with Crippen molar-refractivity contribution >= 4 is 23.2 Å². The van der Waals surface area contributed by atoms with Gasteiger partial charge < -0.3 is 15.2 Å². The fraction of sp³-hybridized carbons (Fsp3) is 0.345. The zero-order chi connectivity index (χ0) is 23.3. The first-order chi connectivity index (χ1) is 15.8. The van der Waals surface area contributed by atoms with E-state index in [1.165, 1.54) is 46.4 Å². The lowest BCUT2D eigenvalue weighted by Gasteiger charge is -2.29. The molecular formula is C29H33N3O. The van der Waals surface area contributed by atoms with Crippen molar-refractivity contribution in [1.82, 2.24) is 9.88 Å². The molecule has 2 aliphatic heterocycles. The molecule has 1 fully saturated rings. The Hall–Kier alpha value is -3.11. The van der Waals surface area contributed by atoms with Crippen LogP contribution in [0.2, 0.25) is 0 Å². The van der Waals surface area contributed by atoms with E-state index in [0.717, 1.165) is 41.2 Å². The van der Waals surface area contributed by atoms with Crippen molar-refractivity contribution in [3.63, 3.8) is 0 Å². The van der Waals surface area contributed by atoms with Crippen LogP contribution in [0.3, 0.4) is 0 Å². The zero-order valence-electron chi connectivity index (χ0n) is 20.3. The Kier molecular flexibility index (Phi) is 5.49. The van der Waals surface area contributed by atoms with Gasteiger partial charge in [0.05, 0.1) is 5.57 Å². The highest BCUT2D eigenvalue weighted by molar-refractivity contribution is 6.36. The molecule has 0 aliphatic carbocycles. The smallest absolute Gasteiger partial charge is 0.256 e. The lowest BCUT2D eigenvalue weighted by Crippen LogP contribution is -2.29. The highest BCUT2D eigenvalue weighted by Gasteiger charge is 2.29. The van der Waals surface area contributed by atoms with Crippen LogP contribution in [0.15, 0.2) is 36.4 Å². The fourth-order valence-electron chi connectivity index (χ4n) is 5.82. The molecular weight excluding hydrogens is 406 g/mol. The molecule has 33 heavy (non-hydrogen) atoms. The monoisotopic (exact) mass is 439 g/mol. The summed E-state index contributed by atoms with van der Waals surface area (Å²) in [7, 11) is 2.20. The van der Waals surface area contributed by atoms with E-state index in [9.17, 15) is 4.79 Å². The first kappa shape index (κ1) is 21.7. The largest absolute Gasteiger partial charge is 0.359 e. The van der Waals surface area contributed by atoms with E-state index in [1.54, 1.807) is 0 Å². The number of aromatic amines is 1. The van der Waals surface area contributed by atoms with Gasteiger partial charge in [0.1, 0.15) is 0 Å². The third-order valence-corrected chi connectivity index (χ3v) is 7.53. The van der Waals surface area contributed by atoms with Crippen molar-refractivity contribution in [2.45, 2.75) is 46.5 Å². The topological polar surface area (TPSA) is 48.1 Å². The Morgan fingerprint density at radius 3 is 2.30 bits per heavy atom. The minimum Gasteiger partial charge on any atom is -0.359 e. The third kappa shape index (κ3) is 3.72. The van der Waals surface area contributed by atoms with E-state index < -0.39 is 0 Å². The number of aryl methyl sites for hydroxylation is 3. The van der Waals surface area contributed by atoms with E-state index in [1.807, 2.05) is 12.1 Å². The van der Waals surface area contributed by atoms with Crippen molar-refractivity contribution in [2.24, 2.45) is 0 Å². The molecule has 0 bridgehead atoms. The number of nitrogens with one attached hydrogen (secondary N) is 2. The molecule has 2 N–H and O–H groups in total. The van der Waals surface area contributed by atoms with Gasteiger partial charge in [-0.1, -0.05) is 30.3 Å². The molecule has 1 aromatic heterocycles. The molecule has 1 saturated heterocycles. The van der Waals surface area contributed by atoms with Crippen molar-refractivity contribution in [3.05, 3.63) is 75.6 Å². The van der Waals surface area contributed by atoms with E-state index >= 15 is 0 Å². The molecule has 0 spiro atoms. The van der Waals surface area contributed by atoms with Gasteiger partial charge in [-0.05, 0) is 112 Å². The second kappa shape index (κ2) is 8.35. The number of nitrogens with zero attached hydrogens (tertiary/aromatic N) is 1. The Morgan fingerprint density at radius 1 is 0.939 bits per heavy atom. The zero-order valence-corrected chi connectivity index (χ0v) is 20.3. The Balaban J connectivity index is 1.62. The molecule has 0 unspecified atom stereocenters. The first-order valence-corrected chi connectivity index (χ1v) is 12.0. The van der Waals surface area contributed by atoms with Crippen LogP contribution in [-0.4, -0.2) is 35.9 Å². The molecule has 5 rings (SSSR count). The number of fused-ring (bicyclic) bond motifs is 1. The summed E-state index contributed by atoms with van der Waals surface area (Å²) in [5.41, 5.74) is 12.4. The average molecular weight is 440 g/mol. The van der Waals surface area contributed by atoms with E-state index in [2.05, 4.69) is 80.3 Å². The molecule has 2 aliphatic rings. The minimum absolute atomic E-state index is 0.0313. The van der Waals surface area contributed by atoms with Crippen LogP contribution in [0.25, 0.3) is 22.8 Å². The Labute approximate surface area is 196 Å². The minimum atomic E-state index is -0.0313. The molecule has 0 atom stereocenters. The number of piperidine rings is 1. The molecule has 2 aromatic carbocycles. The molecule has 3 heterocycles. The summed E-state index contributed by atoms with van der Waals surface area (Å²) in [6.07, 6.45) is 4.44. The van der Waals surface area contributed by atoms with Gasteiger partial charge in [-0.3, -0.25) is 4.79 Å². The summed E-state index contributed by atoms with van der Waals surface area (Å²) >= 11 is 0. The molecule has 1 amide bonds. The van der Waals surface area contributed by atoms with E-state index in [4.69, 9.17) is 0 Å². The van der Waals surface area contributed by atoms with Crippen molar-refractivity contribution in [3.8, 4) is 11.1 Å². The number of carbonyl (C=O) groups excluding carboxylic acids is 1. The molecule has 0 radical (unpaired) electrons. The van der Waals surface area contributed by atoms with E-state index in [-0.39, 0.29) is 5.91 Å². The van der Waals surface area contributed by atoms with Crippen LogP contribution < -0.4 is 5.32 Å². The van der Waals surface area contributed by atoms with Crippen LogP contribution in [0.4, 0.5) is 5.69 Å². The lowest BCUT2D eigenvalue weighted by atomic mass is 9.86. The summed E-state index contributed by atoms with van der Waals surface area (Å²) in [5.74, 6) is 0.552. The maximum absolute atomic E-state index is 13.1. The molecule has 0 saturated carbocycles. The average Bonchev–Trinajstić information content (AvgIpc) is 3.24. The number of aromatic nitrogens is 1. The summed E-state index contributed by atoms with van der Waals surface area (Å²) in [6.45, 7) is 10.9. The molecule has 170 valence electrons. The molecule has 4 heteroatoms. The third-order valence-electron chi connectivity index (χ3n) is 7.53. The predicted molar refractivity (Wildman–Crippen MR) is 138 cm³/mol. The molecule has 3 aromatic rings. The highest BCUT2D eigenvalue weighted by Crippen LogP contribution is 2.43. The van der Waals surface area contributed by atoms with Crippen molar-refractivity contribution < 1.29 is 4.79 Å². The maximum Gasteiger partial charge on any atom is 0.256 e. The fourth-order valence-corrected chi connectivity index (χ4v) is 5.82. The van der Waals surface area contributed by atoms with E-state index in [0.29, 0.717) is 5.92 Å². The summed E-state index contributed by atoms with van der Waals surface area (Å²) in [6, 6.07) is 12.5. The van der Waals surface area contributed by atoms with Gasteiger partial charge in [-0.2, -0.15) is 0 Å². The van der Waals surface area contributed by atoms with Gasteiger partial charge in [0.2, 0.25) is 0 Å². The second-order valence-corrected chi connectivity index (χ2v) is 9.79. The van der Waals surface area contributed by atoms with Gasteiger partial charge in [-0.25, -0.2) is 0 Å². The highest BCUT2D eigenvalue weighted by atomic mass is 16.2. The summed E-state index contributed by atoms with van der Waals surface area (Å²) in [5, 5.41) is 3.10. The van der Waals surface area contributed by atoms with Crippen molar-refractivity contribution in [2.75, 3.05) is 25.5 Å². The number of hydrogen-bond acceptors (Lipinski definition) is 2. The lowest BCUT2D eigenvalue weighted by molar-refractivity contribution is -0.110. The summed E-state index contributed by atoms with van der Waals surface area (Å²) in [4.78, 5) is 19.2. The standard InChI is InChI=1S/C29H33N3O/c1-17-8-6-9-18(2)26(17)22-10-7-11-24-28(22)23(29(33)31-24)16-25-19(3)27(20(4)30-25)21-12-14-32(5)15-13-21/h6-11,16,21,30H,12-15H2,1-5H3,(H,31,33)/b23-16-. The van der Waals surface area contributed by atoms with Crippen LogP contribution >= 0.6 is 0 Å². The molecule has 4 nitrogen and oxygen atoms in total. The number of hydrogen-bond donors (Lipinski definition) is 2. The van der Waals surface area contributed by atoms with Crippen molar-refractivity contribution in [1.29, 1.82) is 0 Å². The number of anilines is 1. The number of amides is 1. The van der Waals surface area contributed by atoms with Gasteiger partial charge in [0, 0.05) is 22.6 Å². The van der Waals surface area contributed by atoms with Gasteiger partial charge in [-0.15, -0.1) is 0 Å². The van der Waals surface area contributed by atoms with Gasteiger partial charge >= 0.3 is 0 Å². The van der Waals surface area contributed by atoms with Crippen LogP contribution in [0, 0.1) is 27.7 Å². The number of carbonyl (C=O) groups is 1. The second-order valence-electron chi connectivity index (χ2n) is 9.79. The number of H-pyrrole nitrogens is 1. The quantitative estimate of drug-likeness (QED) is 0.476. The first-order valence-electron chi connectivity index (χ1n) is 12.0. The van der Waals surface area contributed by atoms with Crippen LogP contribution in [0.1, 0.15) is 58.0 Å². The SMILES string of the molecule is Cc1cccc(C)c1-c1cccc2c1/C(=C/c1[nH]c(C)c(C3CCN(C)CC3)c1C)C(=O)N2. The summed E-state index contributed by atoms with van der Waals surface area (Å²) < 4.78 is 0. The number of benzene rings is 2. The van der Waals surface area contributed by atoms with Crippen LogP contribution in [0.5, 0.6) is 0 Å². The van der Waals surface area contributed by atoms with Gasteiger partial charge in [0.25, 0.3) is 5.91 Å². The maximum atomic E-state index is 13.1.